The molecule has 92 valence electrons. The molecule has 1 saturated heterocycles. The van der Waals surface area contributed by atoms with Gasteiger partial charge in [0.25, 0.3) is 0 Å². The number of esters is 1. The molecule has 0 atom stereocenters. The lowest BCUT2D eigenvalue weighted by Crippen LogP contribution is -2.39. The average molecular weight is 236 g/mol. The highest BCUT2D eigenvalue weighted by Crippen LogP contribution is 2.31. The standard InChI is InChI=1S/C12H16N2O3/c1-4-17-12(16)10-9(15)7-8-11(10)14(3)6-5-13(8)2/h7H,4-6H2,1-3H3. The maximum absolute atomic E-state index is 11.9. The van der Waals surface area contributed by atoms with Gasteiger partial charge in [-0.05, 0) is 6.92 Å². The van der Waals surface area contributed by atoms with Crippen molar-refractivity contribution in [3.05, 3.63) is 23.0 Å². The van der Waals surface area contributed by atoms with Crippen LogP contribution < -0.4 is 0 Å². The summed E-state index contributed by atoms with van der Waals surface area (Å²) in [4.78, 5) is 27.6. The van der Waals surface area contributed by atoms with Gasteiger partial charge in [0, 0.05) is 33.3 Å². The summed E-state index contributed by atoms with van der Waals surface area (Å²) in [6.45, 7) is 3.64. The molecule has 0 saturated carbocycles. The number of rotatable bonds is 2. The first kappa shape index (κ1) is 11.7. The highest BCUT2D eigenvalue weighted by Gasteiger charge is 2.36. The van der Waals surface area contributed by atoms with Crippen molar-refractivity contribution in [2.45, 2.75) is 6.92 Å². The van der Waals surface area contributed by atoms with Crippen LogP contribution >= 0.6 is 0 Å². The van der Waals surface area contributed by atoms with Crippen LogP contribution in [0.4, 0.5) is 0 Å². The van der Waals surface area contributed by atoms with Gasteiger partial charge in [-0.25, -0.2) is 4.79 Å². The maximum Gasteiger partial charge on any atom is 0.344 e. The molecule has 1 heterocycles. The van der Waals surface area contributed by atoms with E-state index in [4.69, 9.17) is 4.74 Å². The van der Waals surface area contributed by atoms with Crippen molar-refractivity contribution in [3.8, 4) is 0 Å². The number of nitrogens with zero attached hydrogens (tertiary/aromatic N) is 2. The number of ether oxygens (including phenoxy) is 1. The Labute approximate surface area is 100 Å². The Bertz CT molecular complexity index is 437. The quantitative estimate of drug-likeness (QED) is 0.504. The van der Waals surface area contributed by atoms with Crippen LogP contribution in [-0.2, 0) is 14.3 Å². The van der Waals surface area contributed by atoms with Crippen molar-refractivity contribution in [3.63, 3.8) is 0 Å². The molecule has 17 heavy (non-hydrogen) atoms. The minimum Gasteiger partial charge on any atom is -0.462 e. The third kappa shape index (κ3) is 1.81. The number of allylic oxidation sites excluding steroid dienone is 1. The molecule has 0 aromatic rings. The summed E-state index contributed by atoms with van der Waals surface area (Å²) in [5.74, 6) is -0.782. The van der Waals surface area contributed by atoms with Crippen LogP contribution in [0.25, 0.3) is 0 Å². The van der Waals surface area contributed by atoms with E-state index in [2.05, 4.69) is 0 Å². The van der Waals surface area contributed by atoms with Crippen molar-refractivity contribution in [2.75, 3.05) is 33.8 Å². The Morgan fingerprint density at radius 2 is 2.00 bits per heavy atom. The number of fused-ring (bicyclic) bond motifs is 1. The van der Waals surface area contributed by atoms with Crippen LogP contribution in [0.3, 0.4) is 0 Å². The SMILES string of the molecule is CCOC(=O)C1=C2C(=CC1=O)N(C)CCN2C. The summed E-state index contributed by atoms with van der Waals surface area (Å²) in [5, 5.41) is 0. The van der Waals surface area contributed by atoms with E-state index >= 15 is 0 Å². The van der Waals surface area contributed by atoms with Gasteiger partial charge in [0.05, 0.1) is 18.0 Å². The molecule has 0 N–H and O–H groups in total. The second-order valence-electron chi connectivity index (χ2n) is 4.18. The Morgan fingerprint density at radius 1 is 1.35 bits per heavy atom. The van der Waals surface area contributed by atoms with E-state index < -0.39 is 5.97 Å². The van der Waals surface area contributed by atoms with E-state index in [1.54, 1.807) is 6.92 Å². The van der Waals surface area contributed by atoms with E-state index in [1.807, 2.05) is 23.9 Å². The number of likely N-dealkylation sites (N-methyl/N-ethyl adjacent to an activating group) is 2. The van der Waals surface area contributed by atoms with Crippen molar-refractivity contribution in [1.29, 1.82) is 0 Å². The second-order valence-corrected chi connectivity index (χ2v) is 4.18. The third-order valence-corrected chi connectivity index (χ3v) is 3.04. The number of ketones is 1. The number of piperazine rings is 1. The van der Waals surface area contributed by atoms with Crippen LogP contribution in [0.1, 0.15) is 6.92 Å². The molecule has 1 aliphatic carbocycles. The monoisotopic (exact) mass is 236 g/mol. The van der Waals surface area contributed by atoms with Gasteiger partial charge in [-0.1, -0.05) is 0 Å². The fraction of sp³-hybridized carbons (Fsp3) is 0.500. The van der Waals surface area contributed by atoms with E-state index in [9.17, 15) is 9.59 Å². The van der Waals surface area contributed by atoms with E-state index in [1.165, 1.54) is 6.08 Å². The summed E-state index contributed by atoms with van der Waals surface area (Å²) >= 11 is 0. The predicted molar refractivity (Wildman–Crippen MR) is 62.0 cm³/mol. The molecule has 0 spiro atoms. The Kier molecular flexibility index (Phi) is 2.92. The molecule has 2 aliphatic rings. The molecule has 1 aliphatic heterocycles. The van der Waals surface area contributed by atoms with E-state index in [-0.39, 0.29) is 18.0 Å². The summed E-state index contributed by atoms with van der Waals surface area (Å²) in [6.07, 6.45) is 1.51. The second kappa shape index (κ2) is 4.24. The summed E-state index contributed by atoms with van der Waals surface area (Å²) in [6, 6.07) is 0. The smallest absolute Gasteiger partial charge is 0.344 e. The third-order valence-electron chi connectivity index (χ3n) is 3.04. The van der Waals surface area contributed by atoms with Crippen LogP contribution in [0.15, 0.2) is 23.0 Å². The van der Waals surface area contributed by atoms with Gasteiger partial charge in [-0.3, -0.25) is 4.79 Å². The van der Waals surface area contributed by atoms with Gasteiger partial charge >= 0.3 is 5.97 Å². The van der Waals surface area contributed by atoms with Crippen molar-refractivity contribution in [2.24, 2.45) is 0 Å². The number of hydrogen-bond donors (Lipinski definition) is 0. The lowest BCUT2D eigenvalue weighted by molar-refractivity contribution is -0.139. The number of carbonyl (C=O) groups is 2. The lowest BCUT2D eigenvalue weighted by atomic mass is 10.1. The molecule has 5 heteroatoms. The minimum absolute atomic E-state index is 0.163. The number of hydrogen-bond acceptors (Lipinski definition) is 5. The largest absolute Gasteiger partial charge is 0.462 e. The zero-order valence-electron chi connectivity index (χ0n) is 10.3. The molecule has 5 nitrogen and oxygen atoms in total. The average Bonchev–Trinajstić information content (AvgIpc) is 2.63. The molecule has 0 aromatic heterocycles. The molecule has 0 radical (unpaired) electrons. The fourth-order valence-electron chi connectivity index (χ4n) is 2.12. The Balaban J connectivity index is 2.42. The topological polar surface area (TPSA) is 49.9 Å². The predicted octanol–water partition coefficient (Wildman–Crippen LogP) is 0.147. The lowest BCUT2D eigenvalue weighted by Gasteiger charge is -2.35. The van der Waals surface area contributed by atoms with E-state index in [0.717, 1.165) is 18.8 Å². The zero-order chi connectivity index (χ0) is 12.6. The zero-order valence-corrected chi connectivity index (χ0v) is 10.3. The van der Waals surface area contributed by atoms with Crippen molar-refractivity contribution < 1.29 is 14.3 Å². The van der Waals surface area contributed by atoms with Crippen molar-refractivity contribution >= 4 is 11.8 Å². The molecular weight excluding hydrogens is 220 g/mol. The Hall–Kier alpha value is -1.78. The van der Waals surface area contributed by atoms with Gasteiger partial charge in [-0.15, -0.1) is 0 Å². The van der Waals surface area contributed by atoms with Gasteiger partial charge in [0.15, 0.2) is 5.78 Å². The molecular formula is C12H16N2O3. The summed E-state index contributed by atoms with van der Waals surface area (Å²) in [7, 11) is 3.80. The molecule has 2 rings (SSSR count). The van der Waals surface area contributed by atoms with Gasteiger partial charge in [-0.2, -0.15) is 0 Å². The summed E-state index contributed by atoms with van der Waals surface area (Å²) in [5.41, 5.74) is 1.67. The normalized spacial score (nSPS) is 19.5. The Morgan fingerprint density at radius 3 is 2.65 bits per heavy atom. The minimum atomic E-state index is -0.527. The van der Waals surface area contributed by atoms with Crippen LogP contribution in [0, 0.1) is 0 Å². The van der Waals surface area contributed by atoms with Crippen molar-refractivity contribution in [1.82, 2.24) is 9.80 Å². The van der Waals surface area contributed by atoms with Crippen LogP contribution in [0.5, 0.6) is 0 Å². The molecule has 0 unspecified atom stereocenters. The number of carbonyl (C=O) groups excluding carboxylic acids is 2. The van der Waals surface area contributed by atoms with Crippen LogP contribution in [0.2, 0.25) is 0 Å². The molecule has 0 aromatic carbocycles. The maximum atomic E-state index is 11.9. The van der Waals surface area contributed by atoms with Crippen LogP contribution in [-0.4, -0.2) is 55.3 Å². The highest BCUT2D eigenvalue weighted by molar-refractivity contribution is 6.25. The molecule has 0 bridgehead atoms. The molecule has 0 amide bonds. The molecule has 1 fully saturated rings. The van der Waals surface area contributed by atoms with Gasteiger partial charge in [0.2, 0.25) is 0 Å². The van der Waals surface area contributed by atoms with Gasteiger partial charge < -0.3 is 14.5 Å². The summed E-state index contributed by atoms with van der Waals surface area (Å²) < 4.78 is 4.93. The first-order valence-corrected chi connectivity index (χ1v) is 5.66. The van der Waals surface area contributed by atoms with Gasteiger partial charge in [0.1, 0.15) is 5.57 Å². The van der Waals surface area contributed by atoms with E-state index in [0.29, 0.717) is 5.70 Å². The first-order chi connectivity index (χ1) is 8.06. The first-order valence-electron chi connectivity index (χ1n) is 5.66. The highest BCUT2D eigenvalue weighted by atomic mass is 16.5. The fourth-order valence-corrected chi connectivity index (χ4v) is 2.12.